The molecule has 0 radical (unpaired) electrons. The Morgan fingerprint density at radius 3 is 2.18 bits per heavy atom. The van der Waals surface area contributed by atoms with Crippen LogP contribution in [0.4, 0.5) is 17.6 Å². The van der Waals surface area contributed by atoms with Crippen LogP contribution in [0.1, 0.15) is 19.3 Å². The van der Waals surface area contributed by atoms with Crippen LogP contribution in [0.5, 0.6) is 0 Å². The SMILES string of the molecule is COCC(F)(F)CN1CCC2(CC1)CC2(F)F. The lowest BCUT2D eigenvalue weighted by atomic mass is 9.92. The highest BCUT2D eigenvalue weighted by Gasteiger charge is 2.70. The number of piperidine rings is 1. The van der Waals surface area contributed by atoms with Gasteiger partial charge in [-0.25, -0.2) is 17.6 Å². The molecule has 2 rings (SSSR count). The third-order valence-electron chi connectivity index (χ3n) is 3.83. The van der Waals surface area contributed by atoms with Gasteiger partial charge in [0.1, 0.15) is 6.61 Å². The van der Waals surface area contributed by atoms with Crippen LogP contribution in [0.3, 0.4) is 0 Å². The van der Waals surface area contributed by atoms with Gasteiger partial charge in [0.25, 0.3) is 11.8 Å². The van der Waals surface area contributed by atoms with Gasteiger partial charge in [0.15, 0.2) is 0 Å². The predicted octanol–water partition coefficient (Wildman–Crippen LogP) is 2.39. The van der Waals surface area contributed by atoms with Crippen LogP contribution in [-0.4, -0.2) is 50.1 Å². The second-order valence-electron chi connectivity index (χ2n) is 5.23. The van der Waals surface area contributed by atoms with Gasteiger partial charge in [0.2, 0.25) is 0 Å². The van der Waals surface area contributed by atoms with Crippen molar-refractivity contribution >= 4 is 0 Å². The van der Waals surface area contributed by atoms with E-state index < -0.39 is 30.4 Å². The first-order valence-corrected chi connectivity index (χ1v) is 5.77. The maximum absolute atomic E-state index is 13.3. The highest BCUT2D eigenvalue weighted by atomic mass is 19.3. The van der Waals surface area contributed by atoms with Crippen LogP contribution >= 0.6 is 0 Å². The summed E-state index contributed by atoms with van der Waals surface area (Å²) in [5.74, 6) is -5.46. The molecule has 0 aromatic heterocycles. The number of likely N-dealkylation sites (tertiary alicyclic amines) is 1. The summed E-state index contributed by atoms with van der Waals surface area (Å²) in [6.45, 7) is -0.364. The lowest BCUT2D eigenvalue weighted by Gasteiger charge is -2.34. The molecule has 0 bridgehead atoms. The minimum absolute atomic E-state index is 0.0672. The maximum atomic E-state index is 13.3. The van der Waals surface area contributed by atoms with Gasteiger partial charge in [-0.3, -0.25) is 4.90 Å². The number of ether oxygens (including phenoxy) is 1. The van der Waals surface area contributed by atoms with Gasteiger partial charge in [-0.1, -0.05) is 0 Å². The second-order valence-corrected chi connectivity index (χ2v) is 5.23. The van der Waals surface area contributed by atoms with Gasteiger partial charge < -0.3 is 4.74 Å². The molecule has 1 spiro atoms. The van der Waals surface area contributed by atoms with E-state index >= 15 is 0 Å². The summed E-state index contributed by atoms with van der Waals surface area (Å²) < 4.78 is 57.1. The number of hydrogen-bond acceptors (Lipinski definition) is 2. The van der Waals surface area contributed by atoms with E-state index in [2.05, 4.69) is 4.74 Å². The van der Waals surface area contributed by atoms with E-state index in [0.29, 0.717) is 25.9 Å². The molecule has 0 atom stereocenters. The largest absolute Gasteiger partial charge is 0.378 e. The smallest absolute Gasteiger partial charge is 0.283 e. The fourth-order valence-electron chi connectivity index (χ4n) is 2.65. The van der Waals surface area contributed by atoms with Crippen molar-refractivity contribution in [2.45, 2.75) is 31.1 Å². The molecule has 1 saturated heterocycles. The first-order valence-electron chi connectivity index (χ1n) is 5.77. The van der Waals surface area contributed by atoms with Crippen molar-refractivity contribution < 1.29 is 22.3 Å². The molecule has 1 saturated carbocycles. The average molecular weight is 255 g/mol. The first-order chi connectivity index (χ1) is 7.80. The summed E-state index contributed by atoms with van der Waals surface area (Å²) >= 11 is 0. The van der Waals surface area contributed by atoms with Crippen molar-refractivity contribution in [3.8, 4) is 0 Å². The van der Waals surface area contributed by atoms with E-state index in [1.807, 2.05) is 0 Å². The minimum atomic E-state index is -2.90. The van der Waals surface area contributed by atoms with E-state index in [4.69, 9.17) is 0 Å². The summed E-state index contributed by atoms with van der Waals surface area (Å²) in [7, 11) is 1.23. The molecule has 1 aliphatic heterocycles. The second kappa shape index (κ2) is 4.09. The van der Waals surface area contributed by atoms with Crippen LogP contribution in [0.15, 0.2) is 0 Å². The molecule has 17 heavy (non-hydrogen) atoms. The van der Waals surface area contributed by atoms with E-state index in [9.17, 15) is 17.6 Å². The van der Waals surface area contributed by atoms with Crippen LogP contribution in [0, 0.1) is 5.41 Å². The molecule has 100 valence electrons. The number of halogens is 4. The van der Waals surface area contributed by atoms with Gasteiger partial charge in [0.05, 0.1) is 6.54 Å². The lowest BCUT2D eigenvalue weighted by molar-refractivity contribution is -0.0909. The molecule has 0 N–H and O–H groups in total. The predicted molar refractivity (Wildman–Crippen MR) is 54.5 cm³/mol. The zero-order chi connectivity index (χ0) is 12.7. The molecule has 2 nitrogen and oxygen atoms in total. The Balaban J connectivity index is 1.80. The monoisotopic (exact) mass is 255 g/mol. The zero-order valence-electron chi connectivity index (χ0n) is 9.82. The Morgan fingerprint density at radius 2 is 1.76 bits per heavy atom. The van der Waals surface area contributed by atoms with E-state index in [0.717, 1.165) is 0 Å². The van der Waals surface area contributed by atoms with Crippen molar-refractivity contribution in [1.29, 1.82) is 0 Å². The Morgan fingerprint density at radius 1 is 1.24 bits per heavy atom. The molecule has 2 aliphatic rings. The van der Waals surface area contributed by atoms with Crippen molar-refractivity contribution in [1.82, 2.24) is 4.90 Å². The van der Waals surface area contributed by atoms with E-state index in [1.54, 1.807) is 4.90 Å². The topological polar surface area (TPSA) is 12.5 Å². The van der Waals surface area contributed by atoms with Gasteiger partial charge in [-0.15, -0.1) is 0 Å². The Bertz CT molecular complexity index is 287. The van der Waals surface area contributed by atoms with Gasteiger partial charge in [0, 0.05) is 18.9 Å². The van der Waals surface area contributed by atoms with Crippen LogP contribution in [0.25, 0.3) is 0 Å². The number of methoxy groups -OCH3 is 1. The molecule has 0 unspecified atom stereocenters. The Labute approximate surface area is 97.9 Å². The van der Waals surface area contributed by atoms with Crippen molar-refractivity contribution in [3.63, 3.8) is 0 Å². The first kappa shape index (κ1) is 13.1. The van der Waals surface area contributed by atoms with Crippen molar-refractivity contribution in [2.24, 2.45) is 5.41 Å². The quantitative estimate of drug-likeness (QED) is 0.715. The number of alkyl halides is 4. The van der Waals surface area contributed by atoms with Crippen LogP contribution in [-0.2, 0) is 4.74 Å². The molecular weight excluding hydrogens is 238 g/mol. The van der Waals surface area contributed by atoms with Gasteiger partial charge in [-0.05, 0) is 25.9 Å². The molecule has 1 aliphatic carbocycles. The van der Waals surface area contributed by atoms with Gasteiger partial charge >= 0.3 is 0 Å². The fraction of sp³-hybridized carbons (Fsp3) is 1.00. The Kier molecular flexibility index (Phi) is 3.14. The van der Waals surface area contributed by atoms with Crippen LogP contribution in [0.2, 0.25) is 0 Å². The zero-order valence-corrected chi connectivity index (χ0v) is 9.82. The van der Waals surface area contributed by atoms with E-state index in [1.165, 1.54) is 7.11 Å². The molecule has 1 heterocycles. The summed E-state index contributed by atoms with van der Waals surface area (Å²) in [6, 6.07) is 0. The minimum Gasteiger partial charge on any atom is -0.378 e. The fourth-order valence-corrected chi connectivity index (χ4v) is 2.65. The molecule has 0 aromatic carbocycles. The summed E-state index contributed by atoms with van der Waals surface area (Å²) in [6.07, 6.45) is 0.578. The standard InChI is InChI=1S/C11H17F4NO/c1-17-8-10(12,13)7-16-4-2-9(3-5-16)6-11(9,14)15/h2-8H2,1H3. The third kappa shape index (κ3) is 2.57. The molecule has 6 heteroatoms. The highest BCUT2D eigenvalue weighted by Crippen LogP contribution is 2.65. The maximum Gasteiger partial charge on any atom is 0.283 e. The summed E-state index contributed by atoms with van der Waals surface area (Å²) in [5.41, 5.74) is -0.875. The number of nitrogens with zero attached hydrogens (tertiary/aromatic N) is 1. The number of hydrogen-bond donors (Lipinski definition) is 0. The normalized spacial score (nSPS) is 27.4. The molecular formula is C11H17F4NO. The summed E-state index contributed by atoms with van der Waals surface area (Å²) in [5, 5.41) is 0. The number of rotatable bonds is 4. The van der Waals surface area contributed by atoms with Crippen molar-refractivity contribution in [3.05, 3.63) is 0 Å². The van der Waals surface area contributed by atoms with Gasteiger partial charge in [-0.2, -0.15) is 0 Å². The molecule has 2 fully saturated rings. The van der Waals surface area contributed by atoms with E-state index in [-0.39, 0.29) is 6.42 Å². The average Bonchev–Trinajstić information content (AvgIpc) is 2.72. The summed E-state index contributed by atoms with van der Waals surface area (Å²) in [4.78, 5) is 1.55. The lowest BCUT2D eigenvalue weighted by Crippen LogP contribution is -2.44. The highest BCUT2D eigenvalue weighted by molar-refractivity contribution is 5.11. The van der Waals surface area contributed by atoms with Crippen molar-refractivity contribution in [2.75, 3.05) is 33.4 Å². The molecule has 0 amide bonds. The van der Waals surface area contributed by atoms with Crippen LogP contribution < -0.4 is 0 Å². The third-order valence-corrected chi connectivity index (χ3v) is 3.83. The Hall–Kier alpha value is -0.360. The molecule has 0 aromatic rings.